The highest BCUT2D eigenvalue weighted by Crippen LogP contribution is 2.68. The number of fused-ring (bicyclic) bond motifs is 1. The van der Waals surface area contributed by atoms with Gasteiger partial charge in [0.1, 0.15) is 6.04 Å². The standard InChI is InChI=1S/C29H36BrClN2O5S/c1-5-8-9-14-38-28(37)21-22-26(35)33(18(7-3)16-34)25(29(22)15-19(30)24(21)39-29)27(36)32(13-6-2)23-17(4)11-10-12-20(23)31/h5-6,10-12,18-19,21-22,24-25,34H,1-2,7-9,13-16H2,3-4H3/t18-,19?,21-,22-,24-,25?,29?/m0/s1. The van der Waals surface area contributed by atoms with Crippen molar-refractivity contribution in [1.82, 2.24) is 4.90 Å². The van der Waals surface area contributed by atoms with Gasteiger partial charge in [0.25, 0.3) is 5.91 Å². The summed E-state index contributed by atoms with van der Waals surface area (Å²) in [7, 11) is 0. The number of rotatable bonds is 12. The van der Waals surface area contributed by atoms with Gasteiger partial charge in [0.2, 0.25) is 5.91 Å². The number of para-hydroxylation sites is 1. The van der Waals surface area contributed by atoms with Gasteiger partial charge in [-0.3, -0.25) is 14.4 Å². The van der Waals surface area contributed by atoms with E-state index >= 15 is 0 Å². The summed E-state index contributed by atoms with van der Waals surface area (Å²) in [6.45, 7) is 11.5. The first-order valence-electron chi connectivity index (χ1n) is 13.4. The van der Waals surface area contributed by atoms with Gasteiger partial charge >= 0.3 is 5.97 Å². The van der Waals surface area contributed by atoms with Crippen LogP contribution in [0.25, 0.3) is 0 Å². The molecule has 0 saturated carbocycles. The molecule has 4 rings (SSSR count). The van der Waals surface area contributed by atoms with Gasteiger partial charge in [-0.05, 0) is 44.2 Å². The second kappa shape index (κ2) is 12.4. The molecule has 39 heavy (non-hydrogen) atoms. The molecule has 3 heterocycles. The van der Waals surface area contributed by atoms with Crippen molar-refractivity contribution in [1.29, 1.82) is 0 Å². The number of thioether (sulfide) groups is 1. The van der Waals surface area contributed by atoms with Crippen molar-refractivity contribution in [3.05, 3.63) is 54.1 Å². The number of amides is 2. The van der Waals surface area contributed by atoms with E-state index in [1.54, 1.807) is 39.8 Å². The number of halogens is 2. The first-order chi connectivity index (χ1) is 18.7. The zero-order chi connectivity index (χ0) is 28.5. The second-order valence-corrected chi connectivity index (χ2v) is 13.5. The highest BCUT2D eigenvalue weighted by Gasteiger charge is 2.76. The Bertz CT molecular complexity index is 1130. The van der Waals surface area contributed by atoms with Crippen LogP contribution in [0.3, 0.4) is 0 Å². The van der Waals surface area contributed by atoms with Crippen molar-refractivity contribution < 1.29 is 24.2 Å². The van der Waals surface area contributed by atoms with E-state index in [0.29, 0.717) is 30.0 Å². The van der Waals surface area contributed by atoms with Crippen LogP contribution in [0.1, 0.15) is 38.2 Å². The lowest BCUT2D eigenvalue weighted by atomic mass is 9.71. The van der Waals surface area contributed by atoms with Crippen LogP contribution in [0.5, 0.6) is 0 Å². The summed E-state index contributed by atoms with van der Waals surface area (Å²) in [5.41, 5.74) is 1.39. The molecular weight excluding hydrogens is 604 g/mol. The van der Waals surface area contributed by atoms with Crippen molar-refractivity contribution in [2.45, 2.75) is 66.4 Å². The number of ether oxygens (including phenoxy) is 1. The van der Waals surface area contributed by atoms with E-state index in [0.717, 1.165) is 12.0 Å². The summed E-state index contributed by atoms with van der Waals surface area (Å²) in [5, 5.41) is 10.5. The summed E-state index contributed by atoms with van der Waals surface area (Å²) in [5.74, 6) is -2.37. The number of carbonyl (C=O) groups is 3. The maximum absolute atomic E-state index is 14.7. The van der Waals surface area contributed by atoms with E-state index < -0.39 is 34.6 Å². The summed E-state index contributed by atoms with van der Waals surface area (Å²) in [4.78, 5) is 45.4. The number of hydrogen-bond acceptors (Lipinski definition) is 6. The van der Waals surface area contributed by atoms with Gasteiger partial charge < -0.3 is 19.6 Å². The van der Waals surface area contributed by atoms with E-state index in [4.69, 9.17) is 16.3 Å². The quantitative estimate of drug-likeness (QED) is 0.151. The van der Waals surface area contributed by atoms with Gasteiger partial charge in [0.05, 0.1) is 46.5 Å². The molecule has 7 atom stereocenters. The highest BCUT2D eigenvalue weighted by molar-refractivity contribution is 9.09. The van der Waals surface area contributed by atoms with Crippen LogP contribution < -0.4 is 4.90 Å². The Morgan fingerprint density at radius 1 is 1.38 bits per heavy atom. The number of anilines is 1. The number of aliphatic hydroxyl groups excluding tert-OH is 1. The molecule has 0 radical (unpaired) electrons. The lowest BCUT2D eigenvalue weighted by molar-refractivity contribution is -0.154. The van der Waals surface area contributed by atoms with E-state index in [-0.39, 0.29) is 41.6 Å². The topological polar surface area (TPSA) is 87.1 Å². The molecule has 0 aromatic heterocycles. The molecule has 3 fully saturated rings. The third-order valence-corrected chi connectivity index (χ3v) is 11.7. The molecule has 1 N–H and O–H groups in total. The first kappa shape index (κ1) is 30.2. The fourth-order valence-corrected chi connectivity index (χ4v) is 10.4. The summed E-state index contributed by atoms with van der Waals surface area (Å²) in [6.07, 6.45) is 5.79. The molecule has 1 spiro atoms. The van der Waals surface area contributed by atoms with Gasteiger partial charge in [0.15, 0.2) is 0 Å². The van der Waals surface area contributed by atoms with Gasteiger partial charge in [-0.25, -0.2) is 0 Å². The molecule has 2 amide bonds. The Balaban J connectivity index is 1.80. The zero-order valence-corrected chi connectivity index (χ0v) is 25.5. The average molecular weight is 640 g/mol. The van der Waals surface area contributed by atoms with Crippen LogP contribution in [-0.2, 0) is 19.1 Å². The fourth-order valence-electron chi connectivity index (χ4n) is 6.45. The average Bonchev–Trinajstić information content (AvgIpc) is 3.50. The summed E-state index contributed by atoms with van der Waals surface area (Å²) >= 11 is 11.9. The van der Waals surface area contributed by atoms with Crippen LogP contribution in [0.4, 0.5) is 5.69 Å². The third kappa shape index (κ3) is 5.09. The molecule has 1 aromatic rings. The van der Waals surface area contributed by atoms with E-state index in [1.165, 1.54) is 0 Å². The Morgan fingerprint density at radius 2 is 2.13 bits per heavy atom. The molecule has 10 heteroatoms. The van der Waals surface area contributed by atoms with Gasteiger partial charge in [-0.15, -0.1) is 24.9 Å². The minimum Gasteiger partial charge on any atom is -0.465 e. The molecule has 1 aromatic carbocycles. The number of alkyl halides is 1. The summed E-state index contributed by atoms with van der Waals surface area (Å²) < 4.78 is 4.79. The first-order valence-corrected chi connectivity index (χ1v) is 15.6. The minimum atomic E-state index is -0.892. The van der Waals surface area contributed by atoms with Crippen molar-refractivity contribution in [2.24, 2.45) is 11.8 Å². The number of aryl methyl sites for hydroxylation is 1. The van der Waals surface area contributed by atoms with Crippen LogP contribution in [0.15, 0.2) is 43.5 Å². The van der Waals surface area contributed by atoms with E-state index in [2.05, 4.69) is 29.1 Å². The number of nitrogens with zero attached hydrogens (tertiary/aromatic N) is 2. The smallest absolute Gasteiger partial charge is 0.310 e. The Kier molecular flexibility index (Phi) is 9.56. The van der Waals surface area contributed by atoms with Crippen LogP contribution in [-0.4, -0.2) is 74.5 Å². The predicted molar refractivity (Wildman–Crippen MR) is 159 cm³/mol. The maximum Gasteiger partial charge on any atom is 0.310 e. The molecule has 3 aliphatic rings. The normalized spacial score (nSPS) is 29.7. The molecule has 2 bridgehead atoms. The van der Waals surface area contributed by atoms with Crippen LogP contribution in [0.2, 0.25) is 5.02 Å². The number of allylic oxidation sites excluding steroid dienone is 1. The van der Waals surface area contributed by atoms with Crippen molar-refractivity contribution in [2.75, 3.05) is 24.7 Å². The number of unbranched alkanes of at least 4 members (excludes halogenated alkanes) is 1. The fraction of sp³-hybridized carbons (Fsp3) is 0.552. The molecule has 3 saturated heterocycles. The number of likely N-dealkylation sites (tertiary alicyclic amines) is 1. The SMILES string of the molecule is C=CCCCOC(=O)[C@H]1[C@H]2C(=O)N([C@@H](CC)CO)C(C(=O)N(CC=C)c3c(C)cccc3Cl)C23CC(Br)[C@@H]1S3. The monoisotopic (exact) mass is 638 g/mol. The predicted octanol–water partition coefficient (Wildman–Crippen LogP) is 4.91. The second-order valence-electron chi connectivity index (χ2n) is 10.4. The van der Waals surface area contributed by atoms with Crippen molar-refractivity contribution in [3.63, 3.8) is 0 Å². The third-order valence-electron chi connectivity index (χ3n) is 8.14. The molecule has 3 aliphatic heterocycles. The van der Waals surface area contributed by atoms with Crippen molar-refractivity contribution in [3.8, 4) is 0 Å². The number of esters is 1. The van der Waals surface area contributed by atoms with Gasteiger partial charge in [0, 0.05) is 16.6 Å². The Morgan fingerprint density at radius 3 is 2.74 bits per heavy atom. The van der Waals surface area contributed by atoms with Crippen LogP contribution >= 0.6 is 39.3 Å². The van der Waals surface area contributed by atoms with Crippen molar-refractivity contribution >= 4 is 62.8 Å². The molecule has 212 valence electrons. The molecule has 0 aliphatic carbocycles. The Labute approximate surface area is 248 Å². The number of hydrogen-bond donors (Lipinski definition) is 1. The number of benzene rings is 1. The zero-order valence-electron chi connectivity index (χ0n) is 22.4. The maximum atomic E-state index is 14.7. The van der Waals surface area contributed by atoms with E-state index in [1.807, 2.05) is 26.0 Å². The van der Waals surface area contributed by atoms with Crippen LogP contribution in [0, 0.1) is 18.8 Å². The number of aliphatic hydroxyl groups is 1. The lowest BCUT2D eigenvalue weighted by Crippen LogP contribution is -2.58. The summed E-state index contributed by atoms with van der Waals surface area (Å²) in [6, 6.07) is 3.98. The minimum absolute atomic E-state index is 0.0726. The molecule has 3 unspecified atom stereocenters. The van der Waals surface area contributed by atoms with E-state index in [9.17, 15) is 19.5 Å². The lowest BCUT2D eigenvalue weighted by Gasteiger charge is -2.40. The molecular formula is C29H36BrClN2O5S. The molecule has 7 nitrogen and oxygen atoms in total. The number of carbonyl (C=O) groups excluding carboxylic acids is 3. The Hall–Kier alpha value is -1.81. The largest absolute Gasteiger partial charge is 0.465 e. The highest BCUT2D eigenvalue weighted by atomic mass is 79.9. The van der Waals surface area contributed by atoms with Gasteiger partial charge in [-0.1, -0.05) is 58.7 Å². The van der Waals surface area contributed by atoms with Gasteiger partial charge in [-0.2, -0.15) is 0 Å².